The highest BCUT2D eigenvalue weighted by atomic mass is 35.7. The fraction of sp³-hybridized carbons (Fsp3) is 0.333. The molecule has 0 heterocycles. The van der Waals surface area contributed by atoms with E-state index in [1.807, 2.05) is 30.3 Å². The van der Waals surface area contributed by atoms with Gasteiger partial charge in [0.1, 0.15) is 0 Å². The topological polar surface area (TPSA) is 26.3 Å². The summed E-state index contributed by atoms with van der Waals surface area (Å²) in [4.78, 5) is 0. The first kappa shape index (κ1) is 10.8. The van der Waals surface area contributed by atoms with E-state index < -0.39 is 6.72 Å². The molecule has 0 aliphatic heterocycles. The molecular weight excluding hydrogens is 207 g/mol. The van der Waals surface area contributed by atoms with E-state index in [2.05, 4.69) is 0 Å². The summed E-state index contributed by atoms with van der Waals surface area (Å²) < 4.78 is 16.5. The van der Waals surface area contributed by atoms with Gasteiger partial charge in [-0.3, -0.25) is 4.57 Å². The zero-order chi connectivity index (χ0) is 9.73. The maximum absolute atomic E-state index is 11.5. The number of halogens is 1. The van der Waals surface area contributed by atoms with Crippen LogP contribution in [0.5, 0.6) is 0 Å². The Balaban J connectivity index is 2.64. The third kappa shape index (κ3) is 3.95. The predicted octanol–water partition coefficient (Wildman–Crippen LogP) is 3.66. The minimum atomic E-state index is -2.94. The maximum atomic E-state index is 11.5. The minimum Gasteiger partial charge on any atom is -0.318 e. The molecule has 2 nitrogen and oxygen atoms in total. The Bertz CT molecular complexity index is 300. The lowest BCUT2D eigenvalue weighted by atomic mass is 10.2. The fourth-order valence-corrected chi connectivity index (χ4v) is 2.87. The van der Waals surface area contributed by atoms with Crippen LogP contribution in [0.25, 0.3) is 0 Å². The molecule has 0 N–H and O–H groups in total. The minimum absolute atomic E-state index is 0.295. The van der Waals surface area contributed by atoms with Crippen molar-refractivity contribution in [3.63, 3.8) is 0 Å². The summed E-state index contributed by atoms with van der Waals surface area (Å²) in [7, 11) is 0. The summed E-state index contributed by atoms with van der Waals surface area (Å²) in [6.45, 7) is -0.782. The van der Waals surface area contributed by atoms with Crippen LogP contribution in [0.1, 0.15) is 12.5 Å². The zero-order valence-corrected chi connectivity index (χ0v) is 9.09. The SMILES string of the molecule is CCOP(=O)(Cl)Cc1ccccc1. The molecule has 0 radical (unpaired) electrons. The summed E-state index contributed by atoms with van der Waals surface area (Å²) in [5.41, 5.74) is 0.939. The van der Waals surface area contributed by atoms with Crippen molar-refractivity contribution < 1.29 is 9.09 Å². The van der Waals surface area contributed by atoms with Crippen LogP contribution in [0, 0.1) is 0 Å². The first-order valence-corrected chi connectivity index (χ1v) is 6.83. The predicted molar refractivity (Wildman–Crippen MR) is 55.2 cm³/mol. The second kappa shape index (κ2) is 4.80. The smallest absolute Gasteiger partial charge is 0.294 e. The van der Waals surface area contributed by atoms with Gasteiger partial charge >= 0.3 is 0 Å². The molecular formula is C9H12ClO2P. The van der Waals surface area contributed by atoms with Gasteiger partial charge in [0.25, 0.3) is 6.72 Å². The average molecular weight is 219 g/mol. The van der Waals surface area contributed by atoms with Gasteiger partial charge in [-0.2, -0.15) is 0 Å². The fourth-order valence-electron chi connectivity index (χ4n) is 1.04. The summed E-state index contributed by atoms with van der Waals surface area (Å²) >= 11 is 5.70. The maximum Gasteiger partial charge on any atom is 0.294 e. The van der Waals surface area contributed by atoms with Gasteiger partial charge in [-0.15, -0.1) is 0 Å². The van der Waals surface area contributed by atoms with Crippen LogP contribution >= 0.6 is 18.0 Å². The van der Waals surface area contributed by atoms with Crippen LogP contribution in [0.3, 0.4) is 0 Å². The lowest BCUT2D eigenvalue weighted by molar-refractivity contribution is 0.344. The lowest BCUT2D eigenvalue weighted by Crippen LogP contribution is -1.88. The van der Waals surface area contributed by atoms with Crippen molar-refractivity contribution in [1.29, 1.82) is 0 Å². The van der Waals surface area contributed by atoms with Crippen molar-refractivity contribution >= 4 is 18.0 Å². The van der Waals surface area contributed by atoms with Gasteiger partial charge in [-0.1, -0.05) is 30.3 Å². The van der Waals surface area contributed by atoms with Crippen LogP contribution in [0.4, 0.5) is 0 Å². The highest BCUT2D eigenvalue weighted by molar-refractivity contribution is 7.84. The first-order chi connectivity index (χ1) is 6.14. The molecule has 0 saturated heterocycles. The van der Waals surface area contributed by atoms with Crippen LogP contribution in [0.2, 0.25) is 0 Å². The van der Waals surface area contributed by atoms with Gasteiger partial charge in [0, 0.05) is 0 Å². The first-order valence-electron chi connectivity index (χ1n) is 4.11. The number of rotatable bonds is 4. The summed E-state index contributed by atoms with van der Waals surface area (Å²) in [5.74, 6) is 0. The van der Waals surface area contributed by atoms with Crippen LogP contribution in [-0.2, 0) is 15.3 Å². The van der Waals surface area contributed by atoms with Crippen molar-refractivity contribution in [2.75, 3.05) is 6.61 Å². The second-order valence-corrected chi connectivity index (χ2v) is 5.95. The molecule has 0 spiro atoms. The Hall–Kier alpha value is -0.300. The van der Waals surface area contributed by atoms with Crippen molar-refractivity contribution in [2.45, 2.75) is 13.1 Å². The molecule has 0 aromatic heterocycles. The molecule has 1 aromatic rings. The largest absolute Gasteiger partial charge is 0.318 e. The molecule has 0 aliphatic carbocycles. The molecule has 1 rings (SSSR count). The Labute approximate surface area is 83.1 Å². The Morgan fingerprint density at radius 2 is 2.00 bits per heavy atom. The monoisotopic (exact) mass is 218 g/mol. The molecule has 1 aromatic carbocycles. The van der Waals surface area contributed by atoms with E-state index in [1.165, 1.54) is 0 Å². The van der Waals surface area contributed by atoms with Crippen LogP contribution in [-0.4, -0.2) is 6.61 Å². The average Bonchev–Trinajstić information content (AvgIpc) is 2.04. The summed E-state index contributed by atoms with van der Waals surface area (Å²) in [6.07, 6.45) is 0.295. The molecule has 1 atom stereocenters. The number of hydrogen-bond donors (Lipinski definition) is 0. The molecule has 13 heavy (non-hydrogen) atoms. The van der Waals surface area contributed by atoms with E-state index in [1.54, 1.807) is 6.92 Å². The molecule has 0 aliphatic rings. The number of benzene rings is 1. The van der Waals surface area contributed by atoms with E-state index in [9.17, 15) is 4.57 Å². The molecule has 0 fully saturated rings. The van der Waals surface area contributed by atoms with Gasteiger partial charge in [-0.05, 0) is 23.7 Å². The molecule has 72 valence electrons. The Morgan fingerprint density at radius 3 is 2.54 bits per heavy atom. The van der Waals surface area contributed by atoms with E-state index in [0.29, 0.717) is 12.8 Å². The van der Waals surface area contributed by atoms with Gasteiger partial charge in [-0.25, -0.2) is 0 Å². The van der Waals surface area contributed by atoms with Gasteiger partial charge in [0.15, 0.2) is 0 Å². The molecule has 0 saturated carbocycles. The van der Waals surface area contributed by atoms with Crippen molar-refractivity contribution in [2.24, 2.45) is 0 Å². The quantitative estimate of drug-likeness (QED) is 0.721. The van der Waals surface area contributed by atoms with Gasteiger partial charge in [0.2, 0.25) is 0 Å². The molecule has 0 amide bonds. The normalized spacial score (nSPS) is 15.2. The van der Waals surface area contributed by atoms with Crippen molar-refractivity contribution in [3.8, 4) is 0 Å². The molecule has 0 bridgehead atoms. The zero-order valence-electron chi connectivity index (χ0n) is 7.44. The van der Waals surface area contributed by atoms with Gasteiger partial charge < -0.3 is 4.52 Å². The lowest BCUT2D eigenvalue weighted by Gasteiger charge is -2.09. The van der Waals surface area contributed by atoms with Gasteiger partial charge in [0.05, 0.1) is 12.8 Å². The van der Waals surface area contributed by atoms with Crippen LogP contribution < -0.4 is 0 Å². The highest BCUT2D eigenvalue weighted by Crippen LogP contribution is 2.55. The van der Waals surface area contributed by atoms with E-state index in [0.717, 1.165) is 5.56 Å². The van der Waals surface area contributed by atoms with Crippen molar-refractivity contribution in [1.82, 2.24) is 0 Å². The van der Waals surface area contributed by atoms with Crippen LogP contribution in [0.15, 0.2) is 30.3 Å². The third-order valence-electron chi connectivity index (χ3n) is 1.54. The van der Waals surface area contributed by atoms with E-state index in [-0.39, 0.29) is 0 Å². The molecule has 1 unspecified atom stereocenters. The second-order valence-electron chi connectivity index (χ2n) is 2.65. The standard InChI is InChI=1S/C9H12ClO2P/c1-2-12-13(10,11)8-9-6-4-3-5-7-9/h3-7H,2,8H2,1H3. The van der Waals surface area contributed by atoms with Crippen molar-refractivity contribution in [3.05, 3.63) is 35.9 Å². The summed E-state index contributed by atoms with van der Waals surface area (Å²) in [6, 6.07) is 9.45. The Morgan fingerprint density at radius 1 is 1.38 bits per heavy atom. The third-order valence-corrected chi connectivity index (χ3v) is 3.57. The number of hydrogen-bond acceptors (Lipinski definition) is 2. The van der Waals surface area contributed by atoms with E-state index >= 15 is 0 Å². The summed E-state index contributed by atoms with van der Waals surface area (Å²) in [5, 5.41) is 0. The Kier molecular flexibility index (Phi) is 3.98. The molecule has 4 heteroatoms. The highest BCUT2D eigenvalue weighted by Gasteiger charge is 2.18. The van der Waals surface area contributed by atoms with E-state index in [4.69, 9.17) is 15.8 Å².